The van der Waals surface area contributed by atoms with Gasteiger partial charge in [-0.15, -0.1) is 0 Å². The van der Waals surface area contributed by atoms with Crippen LogP contribution in [0, 0.1) is 6.92 Å². The number of ether oxygens (including phenoxy) is 2. The molecule has 1 aliphatic rings. The molecule has 0 saturated carbocycles. The van der Waals surface area contributed by atoms with Crippen LogP contribution >= 0.6 is 7.92 Å². The lowest BCUT2D eigenvalue weighted by Crippen LogP contribution is -2.32. The minimum Gasteiger partial charge on any atom is -0.467 e. The number of aryl methyl sites for hydroxylation is 1. The van der Waals surface area contributed by atoms with Crippen LogP contribution in [0.25, 0.3) is 0 Å². The molecule has 0 amide bonds. The maximum atomic E-state index is 6.30. The van der Waals surface area contributed by atoms with Gasteiger partial charge >= 0.3 is 0 Å². The number of methoxy groups -OCH3 is 1. The van der Waals surface area contributed by atoms with Gasteiger partial charge in [0.1, 0.15) is 5.75 Å². The zero-order chi connectivity index (χ0) is 21.1. The van der Waals surface area contributed by atoms with Gasteiger partial charge in [0.15, 0.2) is 6.79 Å². The van der Waals surface area contributed by atoms with Gasteiger partial charge in [-0.2, -0.15) is 0 Å². The smallest absolute Gasteiger partial charge is 0.188 e. The monoisotopic (exact) mass is 408 g/mol. The average molecular weight is 409 g/mol. The second-order valence-electron chi connectivity index (χ2n) is 8.70. The molecule has 2 aromatic rings. The average Bonchev–Trinajstić information content (AvgIpc) is 3.17. The molecular weight excluding hydrogens is 375 g/mol. The maximum Gasteiger partial charge on any atom is 0.188 e. The van der Waals surface area contributed by atoms with Gasteiger partial charge in [-0.05, 0) is 43.6 Å². The van der Waals surface area contributed by atoms with Crippen molar-refractivity contribution >= 4 is 18.5 Å². The first-order valence-corrected chi connectivity index (χ1v) is 11.7. The third kappa shape index (κ3) is 4.49. The highest BCUT2D eigenvalue weighted by molar-refractivity contribution is 7.75. The Labute approximate surface area is 177 Å². The Morgan fingerprint density at radius 2 is 1.66 bits per heavy atom. The summed E-state index contributed by atoms with van der Waals surface area (Å²) >= 11 is 0. The molecule has 0 radical (unpaired) electrons. The molecule has 29 heavy (non-hydrogen) atoms. The van der Waals surface area contributed by atoms with E-state index < -0.39 is 7.92 Å². The van der Waals surface area contributed by atoms with E-state index in [1.807, 2.05) is 0 Å². The van der Waals surface area contributed by atoms with E-state index in [4.69, 9.17) is 9.47 Å². The van der Waals surface area contributed by atoms with Crippen LogP contribution in [-0.2, 0) is 10.2 Å². The summed E-state index contributed by atoms with van der Waals surface area (Å²) < 4.78 is 11.6. The fraction of sp³-hybridized carbons (Fsp3) is 0.385. The summed E-state index contributed by atoms with van der Waals surface area (Å²) in [6.45, 7) is 11.5. The standard InChI is InChI=1S/C26H33O2P/c1-7-26(15-11-12-16-26)29(21-13-9-8-10-14-21)23-18-20(2)17-22(25(3,4)5)24(23)28-19-27-6/h8-18H,7,19H2,1-6H3. The predicted octanol–water partition coefficient (Wildman–Crippen LogP) is 5.98. The van der Waals surface area contributed by atoms with Crippen LogP contribution < -0.4 is 15.3 Å². The zero-order valence-electron chi connectivity index (χ0n) is 18.5. The van der Waals surface area contributed by atoms with Crippen LogP contribution in [0.15, 0.2) is 66.8 Å². The van der Waals surface area contributed by atoms with E-state index in [0.29, 0.717) is 0 Å². The van der Waals surface area contributed by atoms with E-state index in [2.05, 4.69) is 101 Å². The molecule has 2 nitrogen and oxygen atoms in total. The van der Waals surface area contributed by atoms with Gasteiger partial charge in [-0.3, -0.25) is 0 Å². The molecule has 0 N–H and O–H groups in total. The summed E-state index contributed by atoms with van der Waals surface area (Å²) in [6, 6.07) is 15.5. The van der Waals surface area contributed by atoms with Crippen LogP contribution in [0.3, 0.4) is 0 Å². The summed E-state index contributed by atoms with van der Waals surface area (Å²) in [7, 11) is 0.974. The van der Waals surface area contributed by atoms with Gasteiger partial charge in [-0.25, -0.2) is 0 Å². The molecule has 0 heterocycles. The van der Waals surface area contributed by atoms with Crippen molar-refractivity contribution in [2.24, 2.45) is 0 Å². The van der Waals surface area contributed by atoms with Crippen molar-refractivity contribution in [1.29, 1.82) is 0 Å². The number of rotatable bonds is 7. The van der Waals surface area contributed by atoms with Gasteiger partial charge in [0.2, 0.25) is 0 Å². The van der Waals surface area contributed by atoms with E-state index in [0.717, 1.165) is 12.2 Å². The molecule has 3 rings (SSSR count). The highest BCUT2D eigenvalue weighted by Crippen LogP contribution is 2.56. The molecule has 0 spiro atoms. The van der Waals surface area contributed by atoms with Crippen LogP contribution in [0.5, 0.6) is 5.75 Å². The molecule has 1 unspecified atom stereocenters. The molecule has 0 fully saturated rings. The van der Waals surface area contributed by atoms with Crippen molar-refractivity contribution in [2.45, 2.75) is 51.6 Å². The lowest BCUT2D eigenvalue weighted by atomic mass is 9.85. The Balaban J connectivity index is 2.32. The van der Waals surface area contributed by atoms with Crippen molar-refractivity contribution in [3.05, 3.63) is 77.9 Å². The van der Waals surface area contributed by atoms with E-state index in [1.54, 1.807) is 7.11 Å². The Bertz CT molecular complexity index is 879. The molecule has 0 aromatic heterocycles. The summed E-state index contributed by atoms with van der Waals surface area (Å²) in [5, 5.41) is 2.66. The van der Waals surface area contributed by atoms with Crippen LogP contribution in [-0.4, -0.2) is 19.1 Å². The number of hydrogen-bond donors (Lipinski definition) is 0. The fourth-order valence-corrected chi connectivity index (χ4v) is 7.16. The van der Waals surface area contributed by atoms with Crippen molar-refractivity contribution < 1.29 is 9.47 Å². The number of benzene rings is 2. The van der Waals surface area contributed by atoms with Crippen LogP contribution in [0.2, 0.25) is 0 Å². The number of allylic oxidation sites excluding steroid dienone is 4. The lowest BCUT2D eigenvalue weighted by molar-refractivity contribution is 0.0506. The Morgan fingerprint density at radius 1 is 1.00 bits per heavy atom. The third-order valence-corrected chi connectivity index (χ3v) is 8.54. The Morgan fingerprint density at radius 3 is 2.21 bits per heavy atom. The van der Waals surface area contributed by atoms with Crippen molar-refractivity contribution in [3.8, 4) is 5.75 Å². The lowest BCUT2D eigenvalue weighted by Gasteiger charge is -2.37. The van der Waals surface area contributed by atoms with Gasteiger partial charge < -0.3 is 9.47 Å². The van der Waals surface area contributed by atoms with Gasteiger partial charge in [0.25, 0.3) is 0 Å². The van der Waals surface area contributed by atoms with Gasteiger partial charge in [-0.1, -0.05) is 88.4 Å². The van der Waals surface area contributed by atoms with Crippen molar-refractivity contribution in [1.82, 2.24) is 0 Å². The molecule has 154 valence electrons. The van der Waals surface area contributed by atoms with E-state index in [9.17, 15) is 0 Å². The first-order valence-electron chi connectivity index (χ1n) is 10.3. The molecule has 2 aromatic carbocycles. The minimum absolute atomic E-state index is 0.00911. The summed E-state index contributed by atoms with van der Waals surface area (Å²) in [5.41, 5.74) is 2.49. The van der Waals surface area contributed by atoms with Gasteiger partial charge in [0, 0.05) is 23.1 Å². The normalized spacial score (nSPS) is 16.2. The summed E-state index contributed by atoms with van der Waals surface area (Å²) in [6.07, 6.45) is 10.2. The SMILES string of the molecule is CCC1(P(c2ccccc2)c2cc(C)cc(C(C)(C)C)c2OCOC)C=CC=C1. The molecule has 0 aliphatic heterocycles. The zero-order valence-corrected chi connectivity index (χ0v) is 19.4. The quantitative estimate of drug-likeness (QED) is 0.414. The fourth-order valence-electron chi connectivity index (χ4n) is 3.97. The molecule has 0 saturated heterocycles. The van der Waals surface area contributed by atoms with Crippen molar-refractivity contribution in [3.63, 3.8) is 0 Å². The molecular formula is C26H33O2P. The summed E-state index contributed by atoms with van der Waals surface area (Å²) in [4.78, 5) is 0. The topological polar surface area (TPSA) is 18.5 Å². The van der Waals surface area contributed by atoms with Gasteiger partial charge in [0.05, 0.1) is 0 Å². The van der Waals surface area contributed by atoms with E-state index in [-0.39, 0.29) is 17.4 Å². The van der Waals surface area contributed by atoms with Crippen LogP contribution in [0.1, 0.15) is 45.2 Å². The second-order valence-corrected chi connectivity index (χ2v) is 11.2. The highest BCUT2D eigenvalue weighted by Gasteiger charge is 2.39. The molecule has 3 heteroatoms. The Kier molecular flexibility index (Phi) is 6.66. The molecule has 1 aliphatic carbocycles. The third-order valence-electron chi connectivity index (χ3n) is 5.46. The largest absolute Gasteiger partial charge is 0.467 e. The maximum absolute atomic E-state index is 6.30. The number of hydrogen-bond acceptors (Lipinski definition) is 2. The van der Waals surface area contributed by atoms with Crippen molar-refractivity contribution in [2.75, 3.05) is 13.9 Å². The first kappa shape index (κ1) is 21.8. The molecule has 1 atom stereocenters. The van der Waals surface area contributed by atoms with Crippen LogP contribution in [0.4, 0.5) is 0 Å². The Hall–Kier alpha value is -1.89. The van der Waals surface area contributed by atoms with E-state index >= 15 is 0 Å². The second kappa shape index (κ2) is 8.86. The first-order chi connectivity index (χ1) is 13.8. The predicted molar refractivity (Wildman–Crippen MR) is 126 cm³/mol. The molecule has 0 bridgehead atoms. The highest BCUT2D eigenvalue weighted by atomic mass is 31.1. The van der Waals surface area contributed by atoms with E-state index in [1.165, 1.54) is 21.7 Å². The summed E-state index contributed by atoms with van der Waals surface area (Å²) in [5.74, 6) is 0.987. The minimum atomic E-state index is -0.707.